The van der Waals surface area contributed by atoms with Gasteiger partial charge in [0.2, 0.25) is 5.95 Å². The highest BCUT2D eigenvalue weighted by molar-refractivity contribution is 6.00. The molecule has 8 nitrogen and oxygen atoms in total. The van der Waals surface area contributed by atoms with Gasteiger partial charge in [0.15, 0.2) is 11.5 Å². The number of aromatic hydroxyl groups is 1. The van der Waals surface area contributed by atoms with Gasteiger partial charge in [0.25, 0.3) is 5.56 Å². The Bertz CT molecular complexity index is 1370. The number of urea groups is 1. The van der Waals surface area contributed by atoms with Gasteiger partial charge in [0, 0.05) is 0 Å². The predicted octanol–water partition coefficient (Wildman–Crippen LogP) is 4.36. The van der Waals surface area contributed by atoms with E-state index >= 15 is 0 Å². The molecular formula is C24H22N4O4. The first-order valence-electron chi connectivity index (χ1n) is 9.93. The maximum Gasteiger partial charge on any atom is 0.326 e. The molecule has 2 amide bonds. The van der Waals surface area contributed by atoms with Crippen LogP contribution in [0.2, 0.25) is 0 Å². The Morgan fingerprint density at radius 3 is 2.38 bits per heavy atom. The number of para-hydroxylation sites is 3. The number of carbonyl (C=O) groups excluding carboxylic acids is 1. The van der Waals surface area contributed by atoms with Crippen molar-refractivity contribution in [1.29, 1.82) is 0 Å². The number of carbonyl (C=O) groups is 1. The van der Waals surface area contributed by atoms with E-state index in [0.29, 0.717) is 16.6 Å². The van der Waals surface area contributed by atoms with E-state index in [4.69, 9.17) is 4.74 Å². The van der Waals surface area contributed by atoms with E-state index < -0.39 is 6.03 Å². The number of fused-ring (bicyclic) bond motifs is 1. The van der Waals surface area contributed by atoms with Crippen LogP contribution in [0.4, 0.5) is 16.4 Å². The monoisotopic (exact) mass is 430 g/mol. The van der Waals surface area contributed by atoms with Gasteiger partial charge in [-0.15, -0.1) is 0 Å². The molecule has 0 saturated carbocycles. The third kappa shape index (κ3) is 3.74. The lowest BCUT2D eigenvalue weighted by Crippen LogP contribution is -2.29. The molecule has 0 aliphatic rings. The number of methoxy groups -OCH3 is 1. The molecule has 162 valence electrons. The minimum atomic E-state index is -0.671. The molecular weight excluding hydrogens is 408 g/mol. The summed E-state index contributed by atoms with van der Waals surface area (Å²) < 4.78 is 6.47. The second-order valence-corrected chi connectivity index (χ2v) is 7.27. The first kappa shape index (κ1) is 20.9. The summed E-state index contributed by atoms with van der Waals surface area (Å²) in [5, 5.41) is 15.9. The van der Waals surface area contributed by atoms with Crippen molar-refractivity contribution in [1.82, 2.24) is 9.55 Å². The van der Waals surface area contributed by atoms with Gasteiger partial charge in [-0.05, 0) is 49.2 Å². The number of phenolic OH excluding ortho intramolecular Hbond substituents is 1. The quantitative estimate of drug-likeness (QED) is 0.417. The summed E-state index contributed by atoms with van der Waals surface area (Å²) in [4.78, 5) is 30.8. The number of nitrogens with zero attached hydrogens (tertiary/aromatic N) is 2. The number of phenols is 1. The van der Waals surface area contributed by atoms with E-state index in [1.54, 1.807) is 36.4 Å². The molecule has 1 aromatic heterocycles. The number of hydrogen-bond donors (Lipinski definition) is 3. The van der Waals surface area contributed by atoms with Crippen LogP contribution in [0.25, 0.3) is 16.6 Å². The van der Waals surface area contributed by atoms with Gasteiger partial charge in [0.1, 0.15) is 0 Å². The third-order valence-corrected chi connectivity index (χ3v) is 5.13. The first-order valence-corrected chi connectivity index (χ1v) is 9.93. The number of rotatable bonds is 4. The molecule has 0 fully saturated rings. The topological polar surface area (TPSA) is 105 Å². The highest BCUT2D eigenvalue weighted by atomic mass is 16.5. The summed E-state index contributed by atoms with van der Waals surface area (Å²) in [7, 11) is 1.42. The molecule has 0 saturated heterocycles. The zero-order chi connectivity index (χ0) is 22.8. The molecule has 32 heavy (non-hydrogen) atoms. The van der Waals surface area contributed by atoms with Crippen LogP contribution < -0.4 is 20.9 Å². The Morgan fingerprint density at radius 1 is 0.969 bits per heavy atom. The van der Waals surface area contributed by atoms with Crippen LogP contribution >= 0.6 is 0 Å². The van der Waals surface area contributed by atoms with E-state index in [-0.39, 0.29) is 28.7 Å². The van der Waals surface area contributed by atoms with Crippen molar-refractivity contribution in [3.63, 3.8) is 0 Å². The highest BCUT2D eigenvalue weighted by Gasteiger charge is 2.18. The van der Waals surface area contributed by atoms with Crippen molar-refractivity contribution in [3.8, 4) is 17.2 Å². The fraction of sp³-hybridized carbons (Fsp3) is 0.125. The standard InChI is InChI=1S/C24H22N4O4/c1-14-8-6-9-15(2)20(14)28-22(30)16-10-4-5-11-17(16)25-23(28)27-24(31)26-18-12-7-13-19(32-3)21(18)29/h4-13,29H,1-3H3,(H2,25,26,27,31). The van der Waals surface area contributed by atoms with Gasteiger partial charge in [-0.3, -0.25) is 10.1 Å². The number of hydrogen-bond acceptors (Lipinski definition) is 5. The number of nitrogens with one attached hydrogen (secondary N) is 2. The third-order valence-electron chi connectivity index (χ3n) is 5.13. The lowest BCUT2D eigenvalue weighted by atomic mass is 10.1. The van der Waals surface area contributed by atoms with Crippen molar-refractivity contribution in [3.05, 3.63) is 82.1 Å². The molecule has 8 heteroatoms. The highest BCUT2D eigenvalue weighted by Crippen LogP contribution is 2.33. The maximum absolute atomic E-state index is 13.4. The average Bonchev–Trinajstić information content (AvgIpc) is 2.77. The van der Waals surface area contributed by atoms with Crippen LogP contribution in [0.5, 0.6) is 11.5 Å². The van der Waals surface area contributed by atoms with Crippen molar-refractivity contribution >= 4 is 28.6 Å². The Labute approximate surface area is 184 Å². The Kier molecular flexibility index (Phi) is 5.51. The number of ether oxygens (including phenoxy) is 1. The zero-order valence-electron chi connectivity index (χ0n) is 17.8. The van der Waals surface area contributed by atoms with Gasteiger partial charge < -0.3 is 15.2 Å². The van der Waals surface area contributed by atoms with Gasteiger partial charge in [-0.25, -0.2) is 14.3 Å². The van der Waals surface area contributed by atoms with E-state index in [2.05, 4.69) is 15.6 Å². The van der Waals surface area contributed by atoms with Gasteiger partial charge in [-0.1, -0.05) is 36.4 Å². The number of anilines is 2. The smallest absolute Gasteiger partial charge is 0.326 e. The molecule has 0 aliphatic carbocycles. The second kappa shape index (κ2) is 8.43. The van der Waals surface area contributed by atoms with Crippen LogP contribution in [-0.4, -0.2) is 27.8 Å². The largest absolute Gasteiger partial charge is 0.503 e. The second-order valence-electron chi connectivity index (χ2n) is 7.27. The molecule has 0 radical (unpaired) electrons. The number of aryl methyl sites for hydroxylation is 2. The first-order chi connectivity index (χ1) is 15.4. The molecule has 0 atom stereocenters. The number of amides is 2. The average molecular weight is 430 g/mol. The molecule has 3 N–H and O–H groups in total. The lowest BCUT2D eigenvalue weighted by molar-refractivity contribution is 0.261. The van der Waals surface area contributed by atoms with Crippen LogP contribution in [0.3, 0.4) is 0 Å². The number of aromatic nitrogens is 2. The Balaban J connectivity index is 1.82. The summed E-state index contributed by atoms with van der Waals surface area (Å²) >= 11 is 0. The van der Waals surface area contributed by atoms with Crippen molar-refractivity contribution < 1.29 is 14.6 Å². The summed E-state index contributed by atoms with van der Waals surface area (Å²) in [6, 6.07) is 16.7. The SMILES string of the molecule is COc1cccc(NC(=O)Nc2nc3ccccc3c(=O)n2-c2c(C)cccc2C)c1O. The van der Waals surface area contributed by atoms with Crippen molar-refractivity contribution in [2.75, 3.05) is 17.7 Å². The van der Waals surface area contributed by atoms with E-state index in [1.165, 1.54) is 17.7 Å². The lowest BCUT2D eigenvalue weighted by Gasteiger charge is -2.18. The molecule has 4 rings (SSSR count). The summed E-state index contributed by atoms with van der Waals surface area (Å²) in [5.74, 6) is 0.0776. The number of benzene rings is 3. The predicted molar refractivity (Wildman–Crippen MR) is 124 cm³/mol. The van der Waals surface area contributed by atoms with Crippen molar-refractivity contribution in [2.45, 2.75) is 13.8 Å². The normalized spacial score (nSPS) is 10.7. The van der Waals surface area contributed by atoms with Crippen LogP contribution in [0.1, 0.15) is 11.1 Å². The molecule has 4 aromatic rings. The van der Waals surface area contributed by atoms with Gasteiger partial charge >= 0.3 is 6.03 Å². The molecule has 3 aromatic carbocycles. The maximum atomic E-state index is 13.4. The summed E-state index contributed by atoms with van der Waals surface area (Å²) in [5.41, 5.74) is 2.68. The fourth-order valence-electron chi connectivity index (χ4n) is 3.63. The summed E-state index contributed by atoms with van der Waals surface area (Å²) in [6.07, 6.45) is 0. The molecule has 0 aliphatic heterocycles. The summed E-state index contributed by atoms with van der Waals surface area (Å²) in [6.45, 7) is 3.78. The minimum Gasteiger partial charge on any atom is -0.503 e. The van der Waals surface area contributed by atoms with Gasteiger partial charge in [0.05, 0.1) is 29.4 Å². The van der Waals surface area contributed by atoms with Crippen LogP contribution in [-0.2, 0) is 0 Å². The van der Waals surface area contributed by atoms with Crippen LogP contribution in [0, 0.1) is 13.8 Å². The Hall–Kier alpha value is -4.33. The van der Waals surface area contributed by atoms with E-state index in [0.717, 1.165) is 11.1 Å². The fourth-order valence-corrected chi connectivity index (χ4v) is 3.63. The molecule has 1 heterocycles. The molecule has 0 spiro atoms. The molecule has 0 bridgehead atoms. The molecule has 0 unspecified atom stereocenters. The van der Waals surface area contributed by atoms with Crippen molar-refractivity contribution in [2.24, 2.45) is 0 Å². The van der Waals surface area contributed by atoms with Crippen LogP contribution in [0.15, 0.2) is 65.5 Å². The zero-order valence-corrected chi connectivity index (χ0v) is 17.8. The van der Waals surface area contributed by atoms with E-state index in [9.17, 15) is 14.7 Å². The van der Waals surface area contributed by atoms with E-state index in [1.807, 2.05) is 32.0 Å². The Morgan fingerprint density at radius 2 is 1.66 bits per heavy atom. The van der Waals surface area contributed by atoms with Gasteiger partial charge in [-0.2, -0.15) is 0 Å². The minimum absolute atomic E-state index is 0.0611.